The van der Waals surface area contributed by atoms with Gasteiger partial charge in [0.25, 0.3) is 0 Å². The molecular formula is C16H17ClN4O4S. The van der Waals surface area contributed by atoms with E-state index in [2.05, 4.69) is 20.0 Å². The van der Waals surface area contributed by atoms with Crippen LogP contribution in [0.3, 0.4) is 0 Å². The zero-order valence-corrected chi connectivity index (χ0v) is 15.8. The first kappa shape index (κ1) is 19.9. The molecule has 1 aromatic heterocycles. The van der Waals surface area contributed by atoms with E-state index in [1.54, 1.807) is 24.3 Å². The van der Waals surface area contributed by atoms with Gasteiger partial charge in [-0.1, -0.05) is 42.4 Å². The third kappa shape index (κ3) is 5.06. The van der Waals surface area contributed by atoms with E-state index >= 15 is 0 Å². The molecule has 0 saturated carbocycles. The van der Waals surface area contributed by atoms with Crippen molar-refractivity contribution in [3.8, 4) is 0 Å². The minimum absolute atomic E-state index is 0.0608. The lowest BCUT2D eigenvalue weighted by Gasteiger charge is -2.09. The van der Waals surface area contributed by atoms with Gasteiger partial charge in [0.05, 0.1) is 17.6 Å². The number of benzene rings is 1. The zero-order valence-electron chi connectivity index (χ0n) is 14.2. The molecule has 1 N–H and O–H groups in total. The van der Waals surface area contributed by atoms with Crippen molar-refractivity contribution < 1.29 is 14.5 Å². The molecule has 8 nitrogen and oxygen atoms in total. The number of nitrogens with zero attached hydrogens (tertiary/aromatic N) is 3. The molecule has 138 valence electrons. The molecule has 0 bridgehead atoms. The molecule has 2 aromatic rings. The van der Waals surface area contributed by atoms with Crippen molar-refractivity contribution in [2.24, 2.45) is 0 Å². The Labute approximate surface area is 159 Å². The largest absolute Gasteiger partial charge is 0.465 e. The lowest BCUT2D eigenvalue weighted by atomic mass is 10.1. The van der Waals surface area contributed by atoms with E-state index in [0.29, 0.717) is 10.7 Å². The van der Waals surface area contributed by atoms with E-state index in [1.807, 2.05) is 6.92 Å². The van der Waals surface area contributed by atoms with E-state index in [0.717, 1.165) is 17.7 Å². The molecule has 0 spiro atoms. The predicted molar refractivity (Wildman–Crippen MR) is 99.8 cm³/mol. The van der Waals surface area contributed by atoms with Crippen molar-refractivity contribution in [2.75, 3.05) is 18.2 Å². The van der Waals surface area contributed by atoms with Gasteiger partial charge in [0.1, 0.15) is 0 Å². The fourth-order valence-corrected chi connectivity index (χ4v) is 3.00. The number of aromatic nitrogens is 2. The Morgan fingerprint density at radius 2 is 2.04 bits per heavy atom. The maximum atomic E-state index is 11.4. The molecule has 0 saturated heterocycles. The lowest BCUT2D eigenvalue weighted by molar-refractivity contribution is -0.384. The molecule has 0 radical (unpaired) electrons. The van der Waals surface area contributed by atoms with E-state index in [9.17, 15) is 14.9 Å². The number of ether oxygens (including phenoxy) is 1. The molecule has 1 aromatic carbocycles. The number of thioether (sulfide) groups is 1. The summed E-state index contributed by atoms with van der Waals surface area (Å²) in [4.78, 5) is 30.3. The van der Waals surface area contributed by atoms with E-state index in [-0.39, 0.29) is 23.2 Å². The van der Waals surface area contributed by atoms with Crippen molar-refractivity contribution >= 4 is 40.8 Å². The fourth-order valence-electron chi connectivity index (χ4n) is 2.01. The first-order chi connectivity index (χ1) is 12.5. The van der Waals surface area contributed by atoms with Crippen LogP contribution in [-0.4, -0.2) is 33.7 Å². The molecule has 0 aliphatic rings. The van der Waals surface area contributed by atoms with Gasteiger partial charge in [-0.05, 0) is 24.1 Å². The van der Waals surface area contributed by atoms with Gasteiger partial charge in [-0.25, -0.2) is 9.78 Å². The average molecular weight is 397 g/mol. The van der Waals surface area contributed by atoms with Crippen LogP contribution in [0.4, 0.5) is 11.5 Å². The molecule has 0 aliphatic heterocycles. The first-order valence-corrected chi connectivity index (χ1v) is 9.08. The lowest BCUT2D eigenvalue weighted by Crippen LogP contribution is -2.08. The van der Waals surface area contributed by atoms with Crippen LogP contribution in [0.5, 0.6) is 0 Å². The number of nitrogens with one attached hydrogen (secondary N) is 1. The molecule has 0 aliphatic carbocycles. The molecule has 1 heterocycles. The molecular weight excluding hydrogens is 380 g/mol. The summed E-state index contributed by atoms with van der Waals surface area (Å²) >= 11 is 7.34. The van der Waals surface area contributed by atoms with E-state index in [1.165, 1.54) is 18.9 Å². The Hall–Kier alpha value is -2.39. The maximum Gasteiger partial charge on any atom is 0.348 e. The summed E-state index contributed by atoms with van der Waals surface area (Å²) in [7, 11) is 1.31. The van der Waals surface area contributed by atoms with Gasteiger partial charge in [-0.2, -0.15) is 4.98 Å². The summed E-state index contributed by atoms with van der Waals surface area (Å²) in [5, 5.41) is 14.4. The number of anilines is 1. The van der Waals surface area contributed by atoms with Gasteiger partial charge < -0.3 is 10.1 Å². The maximum absolute atomic E-state index is 11.4. The van der Waals surface area contributed by atoms with Gasteiger partial charge in [-0.15, -0.1) is 0 Å². The third-order valence-electron chi connectivity index (χ3n) is 3.27. The molecule has 0 fully saturated rings. The molecule has 0 unspecified atom stereocenters. The summed E-state index contributed by atoms with van der Waals surface area (Å²) in [6.45, 7) is 2.28. The van der Waals surface area contributed by atoms with Crippen LogP contribution < -0.4 is 5.32 Å². The second-order valence-corrected chi connectivity index (χ2v) is 6.56. The van der Waals surface area contributed by atoms with Crippen LogP contribution in [0, 0.1) is 10.1 Å². The summed E-state index contributed by atoms with van der Waals surface area (Å²) in [5.74, 6) is 0.411. The topological polar surface area (TPSA) is 107 Å². The van der Waals surface area contributed by atoms with E-state index in [4.69, 9.17) is 11.6 Å². The fraction of sp³-hybridized carbons (Fsp3) is 0.312. The molecule has 26 heavy (non-hydrogen) atoms. The average Bonchev–Trinajstić information content (AvgIpc) is 2.63. The Kier molecular flexibility index (Phi) is 7.16. The number of methoxy groups -OCH3 is 1. The van der Waals surface area contributed by atoms with Crippen LogP contribution in [0.1, 0.15) is 29.3 Å². The number of nitro groups is 1. The van der Waals surface area contributed by atoms with Crippen molar-refractivity contribution in [2.45, 2.75) is 25.0 Å². The van der Waals surface area contributed by atoms with Crippen LogP contribution in [0.25, 0.3) is 0 Å². The molecule has 2 rings (SSSR count). The van der Waals surface area contributed by atoms with Gasteiger partial charge in [0, 0.05) is 12.3 Å². The number of carbonyl (C=O) groups excluding carboxylic acids is 1. The zero-order chi connectivity index (χ0) is 19.1. The molecule has 10 heteroatoms. The third-order valence-corrected chi connectivity index (χ3v) is 4.59. The predicted octanol–water partition coefficient (Wildman–Crippen LogP) is 3.94. The minimum atomic E-state index is -0.612. The molecule has 0 atom stereocenters. The van der Waals surface area contributed by atoms with E-state index < -0.39 is 10.9 Å². The second kappa shape index (κ2) is 9.35. The summed E-state index contributed by atoms with van der Waals surface area (Å²) in [5.41, 5.74) is 0.869. The Morgan fingerprint density at radius 1 is 1.35 bits per heavy atom. The van der Waals surface area contributed by atoms with Crippen molar-refractivity contribution in [3.63, 3.8) is 0 Å². The standard InChI is InChI=1S/C16H17ClN4O4S/c1-3-8-26-16-19-13(17)12(21(23)24)14(20-16)18-9-10-4-6-11(7-5-10)15(22)25-2/h4-7H,3,8-9H2,1-2H3,(H,18,19,20). The van der Waals surface area contributed by atoms with Crippen molar-refractivity contribution in [1.29, 1.82) is 0 Å². The first-order valence-electron chi connectivity index (χ1n) is 7.72. The van der Waals surface area contributed by atoms with Crippen molar-refractivity contribution in [1.82, 2.24) is 9.97 Å². The monoisotopic (exact) mass is 396 g/mol. The number of hydrogen-bond acceptors (Lipinski definition) is 8. The van der Waals surface area contributed by atoms with Gasteiger partial charge in [0.15, 0.2) is 5.16 Å². The number of esters is 1. The van der Waals surface area contributed by atoms with Crippen molar-refractivity contribution in [3.05, 3.63) is 50.7 Å². The highest BCUT2D eigenvalue weighted by Gasteiger charge is 2.23. The molecule has 0 amide bonds. The Bertz CT molecular complexity index is 802. The van der Waals surface area contributed by atoms with Crippen LogP contribution in [0.15, 0.2) is 29.4 Å². The van der Waals surface area contributed by atoms with Gasteiger partial charge in [0.2, 0.25) is 11.0 Å². The highest BCUT2D eigenvalue weighted by Crippen LogP contribution is 2.32. The van der Waals surface area contributed by atoms with Crippen LogP contribution in [-0.2, 0) is 11.3 Å². The normalized spacial score (nSPS) is 10.4. The summed E-state index contributed by atoms with van der Waals surface area (Å²) in [6.07, 6.45) is 0.915. The minimum Gasteiger partial charge on any atom is -0.465 e. The highest BCUT2D eigenvalue weighted by molar-refractivity contribution is 7.99. The number of hydrogen-bond donors (Lipinski definition) is 1. The number of rotatable bonds is 8. The van der Waals surface area contributed by atoms with Gasteiger partial charge >= 0.3 is 11.7 Å². The summed E-state index contributed by atoms with van der Waals surface area (Å²) < 4.78 is 4.64. The Balaban J connectivity index is 2.20. The smallest absolute Gasteiger partial charge is 0.348 e. The van der Waals surface area contributed by atoms with Crippen LogP contribution >= 0.6 is 23.4 Å². The number of carbonyl (C=O) groups is 1. The van der Waals surface area contributed by atoms with Crippen LogP contribution in [0.2, 0.25) is 5.15 Å². The summed E-state index contributed by atoms with van der Waals surface area (Å²) in [6, 6.07) is 6.68. The van der Waals surface area contributed by atoms with Gasteiger partial charge in [-0.3, -0.25) is 10.1 Å². The Morgan fingerprint density at radius 3 is 2.62 bits per heavy atom. The SMILES string of the molecule is CCCSc1nc(Cl)c([N+](=O)[O-])c(NCc2ccc(C(=O)OC)cc2)n1. The quantitative estimate of drug-likeness (QED) is 0.178. The number of halogens is 1. The second-order valence-electron chi connectivity index (χ2n) is 5.14. The highest BCUT2D eigenvalue weighted by atomic mass is 35.5.